The van der Waals surface area contributed by atoms with E-state index in [4.69, 9.17) is 5.73 Å². The van der Waals surface area contributed by atoms with Crippen molar-refractivity contribution in [3.63, 3.8) is 0 Å². The molecular formula is C16H20N2O. The van der Waals surface area contributed by atoms with E-state index in [2.05, 4.69) is 17.4 Å². The minimum atomic E-state index is 0.00502. The van der Waals surface area contributed by atoms with Gasteiger partial charge in [0.05, 0.1) is 12.6 Å². The Hall–Kier alpha value is -2.00. The number of nitrogen functional groups attached to an aromatic ring is 1. The summed E-state index contributed by atoms with van der Waals surface area (Å²) in [6.07, 6.45) is 0.792. The zero-order chi connectivity index (χ0) is 13.7. The van der Waals surface area contributed by atoms with Crippen LogP contribution in [0.15, 0.2) is 48.5 Å². The Bertz CT molecular complexity index is 526. The van der Waals surface area contributed by atoms with Crippen LogP contribution in [0.4, 0.5) is 11.4 Å². The first kappa shape index (κ1) is 13.4. The van der Waals surface area contributed by atoms with Crippen LogP contribution < -0.4 is 11.1 Å². The van der Waals surface area contributed by atoms with E-state index in [1.54, 1.807) is 0 Å². The maximum atomic E-state index is 9.49. The molecule has 0 aliphatic heterocycles. The third kappa shape index (κ3) is 3.73. The Morgan fingerprint density at radius 2 is 1.89 bits per heavy atom. The summed E-state index contributed by atoms with van der Waals surface area (Å²) in [5, 5.41) is 12.8. The van der Waals surface area contributed by atoms with Gasteiger partial charge in [0.1, 0.15) is 0 Å². The molecule has 0 saturated carbocycles. The second-order valence-electron chi connectivity index (χ2n) is 4.78. The molecule has 0 aliphatic carbocycles. The summed E-state index contributed by atoms with van der Waals surface area (Å²) < 4.78 is 0. The fraction of sp³-hybridized carbons (Fsp3) is 0.250. The number of aryl methyl sites for hydroxylation is 1. The van der Waals surface area contributed by atoms with Gasteiger partial charge in [0.2, 0.25) is 0 Å². The Labute approximate surface area is 114 Å². The van der Waals surface area contributed by atoms with Crippen molar-refractivity contribution < 1.29 is 5.11 Å². The summed E-state index contributed by atoms with van der Waals surface area (Å²) in [4.78, 5) is 0. The highest BCUT2D eigenvalue weighted by atomic mass is 16.3. The van der Waals surface area contributed by atoms with Crippen LogP contribution in [-0.2, 0) is 6.42 Å². The van der Waals surface area contributed by atoms with Gasteiger partial charge in [-0.05, 0) is 42.7 Å². The Kier molecular flexibility index (Phi) is 4.42. The molecule has 3 nitrogen and oxygen atoms in total. The van der Waals surface area contributed by atoms with E-state index in [1.807, 2.05) is 43.3 Å². The number of nitrogens with one attached hydrogen (secondary N) is 1. The van der Waals surface area contributed by atoms with Crippen molar-refractivity contribution in [2.75, 3.05) is 17.7 Å². The minimum Gasteiger partial charge on any atom is -0.399 e. The molecule has 2 aromatic rings. The van der Waals surface area contributed by atoms with E-state index in [0.29, 0.717) is 0 Å². The molecule has 1 unspecified atom stereocenters. The molecule has 3 heteroatoms. The van der Waals surface area contributed by atoms with Crippen molar-refractivity contribution in [3.8, 4) is 0 Å². The van der Waals surface area contributed by atoms with E-state index in [-0.39, 0.29) is 12.6 Å². The zero-order valence-electron chi connectivity index (χ0n) is 11.1. The van der Waals surface area contributed by atoms with E-state index in [9.17, 15) is 5.11 Å². The minimum absolute atomic E-state index is 0.00502. The van der Waals surface area contributed by atoms with Crippen LogP contribution in [0.25, 0.3) is 0 Å². The van der Waals surface area contributed by atoms with Crippen molar-refractivity contribution in [1.82, 2.24) is 0 Å². The maximum absolute atomic E-state index is 9.49. The molecule has 0 amide bonds. The van der Waals surface area contributed by atoms with E-state index >= 15 is 0 Å². The van der Waals surface area contributed by atoms with Gasteiger partial charge in [0.15, 0.2) is 0 Å². The molecule has 0 fully saturated rings. The lowest BCUT2D eigenvalue weighted by atomic mass is 10.1. The number of anilines is 2. The van der Waals surface area contributed by atoms with Gasteiger partial charge in [0.25, 0.3) is 0 Å². The highest BCUT2D eigenvalue weighted by molar-refractivity contribution is 5.57. The number of aliphatic hydroxyl groups excluding tert-OH is 1. The lowest BCUT2D eigenvalue weighted by molar-refractivity contribution is 0.273. The van der Waals surface area contributed by atoms with Gasteiger partial charge >= 0.3 is 0 Å². The molecule has 0 radical (unpaired) electrons. The molecule has 4 N–H and O–H groups in total. The van der Waals surface area contributed by atoms with Gasteiger partial charge in [0, 0.05) is 11.4 Å². The standard InChI is InChI=1S/C16H20N2O/c1-12-9-14(7-8-16(12)17)18-15(11-19)10-13-5-3-2-4-6-13/h2-9,15,18-19H,10-11,17H2,1H3. The summed E-state index contributed by atoms with van der Waals surface area (Å²) in [7, 11) is 0. The number of hydrogen-bond donors (Lipinski definition) is 3. The first-order chi connectivity index (χ1) is 9.19. The number of hydrogen-bond acceptors (Lipinski definition) is 3. The van der Waals surface area contributed by atoms with Crippen molar-refractivity contribution in [1.29, 1.82) is 0 Å². The number of aliphatic hydroxyl groups is 1. The fourth-order valence-electron chi connectivity index (χ4n) is 2.06. The van der Waals surface area contributed by atoms with Gasteiger partial charge in [-0.2, -0.15) is 0 Å². The average molecular weight is 256 g/mol. The molecule has 0 saturated heterocycles. The predicted molar refractivity (Wildman–Crippen MR) is 80.2 cm³/mol. The topological polar surface area (TPSA) is 58.3 Å². The van der Waals surface area contributed by atoms with Crippen LogP contribution in [0.1, 0.15) is 11.1 Å². The van der Waals surface area contributed by atoms with Gasteiger partial charge < -0.3 is 16.2 Å². The van der Waals surface area contributed by atoms with Crippen LogP contribution in [0.3, 0.4) is 0 Å². The molecule has 0 spiro atoms. The van der Waals surface area contributed by atoms with Crippen molar-refractivity contribution in [2.24, 2.45) is 0 Å². The first-order valence-corrected chi connectivity index (χ1v) is 6.46. The molecule has 19 heavy (non-hydrogen) atoms. The highest BCUT2D eigenvalue weighted by Gasteiger charge is 2.08. The molecular weight excluding hydrogens is 236 g/mol. The lowest BCUT2D eigenvalue weighted by Gasteiger charge is -2.18. The van der Waals surface area contributed by atoms with Crippen LogP contribution in [-0.4, -0.2) is 17.8 Å². The highest BCUT2D eigenvalue weighted by Crippen LogP contribution is 2.18. The van der Waals surface area contributed by atoms with Gasteiger partial charge in [-0.3, -0.25) is 0 Å². The SMILES string of the molecule is Cc1cc(NC(CO)Cc2ccccc2)ccc1N. The summed E-state index contributed by atoms with van der Waals surface area (Å²) >= 11 is 0. The molecule has 0 aliphatic rings. The molecule has 100 valence electrons. The Morgan fingerprint density at radius 3 is 2.53 bits per heavy atom. The second-order valence-corrected chi connectivity index (χ2v) is 4.78. The van der Waals surface area contributed by atoms with Gasteiger partial charge in [-0.25, -0.2) is 0 Å². The molecule has 0 heterocycles. The van der Waals surface area contributed by atoms with E-state index in [1.165, 1.54) is 5.56 Å². The zero-order valence-corrected chi connectivity index (χ0v) is 11.1. The van der Waals surface area contributed by atoms with E-state index in [0.717, 1.165) is 23.4 Å². The lowest BCUT2D eigenvalue weighted by Crippen LogP contribution is -2.26. The second kappa shape index (κ2) is 6.25. The molecule has 2 aromatic carbocycles. The van der Waals surface area contributed by atoms with E-state index < -0.39 is 0 Å². The third-order valence-corrected chi connectivity index (χ3v) is 3.19. The summed E-state index contributed by atoms with van der Waals surface area (Å²) in [5.41, 5.74) is 9.82. The first-order valence-electron chi connectivity index (χ1n) is 6.46. The molecule has 0 bridgehead atoms. The number of rotatable bonds is 5. The van der Waals surface area contributed by atoms with Crippen LogP contribution >= 0.6 is 0 Å². The number of benzene rings is 2. The monoisotopic (exact) mass is 256 g/mol. The Balaban J connectivity index is 2.04. The maximum Gasteiger partial charge on any atom is 0.0636 e. The largest absolute Gasteiger partial charge is 0.399 e. The summed E-state index contributed by atoms with van der Waals surface area (Å²) in [6, 6.07) is 16.0. The van der Waals surface area contributed by atoms with Crippen LogP contribution in [0, 0.1) is 6.92 Å². The molecule has 1 atom stereocenters. The van der Waals surface area contributed by atoms with Crippen molar-refractivity contribution >= 4 is 11.4 Å². The van der Waals surface area contributed by atoms with Crippen molar-refractivity contribution in [2.45, 2.75) is 19.4 Å². The molecule has 0 aromatic heterocycles. The summed E-state index contributed by atoms with van der Waals surface area (Å²) in [5.74, 6) is 0. The van der Waals surface area contributed by atoms with Crippen LogP contribution in [0.2, 0.25) is 0 Å². The predicted octanol–water partition coefficient (Wildman–Crippen LogP) is 2.59. The average Bonchev–Trinajstić information content (AvgIpc) is 2.43. The van der Waals surface area contributed by atoms with Gasteiger partial charge in [-0.15, -0.1) is 0 Å². The molecule has 2 rings (SSSR count). The fourth-order valence-corrected chi connectivity index (χ4v) is 2.06. The normalized spacial score (nSPS) is 12.1. The van der Waals surface area contributed by atoms with Gasteiger partial charge in [-0.1, -0.05) is 30.3 Å². The smallest absolute Gasteiger partial charge is 0.0636 e. The van der Waals surface area contributed by atoms with Crippen molar-refractivity contribution in [3.05, 3.63) is 59.7 Å². The third-order valence-electron chi connectivity index (χ3n) is 3.19. The number of nitrogens with two attached hydrogens (primary N) is 1. The Morgan fingerprint density at radius 1 is 1.16 bits per heavy atom. The van der Waals surface area contributed by atoms with Crippen LogP contribution in [0.5, 0.6) is 0 Å². The summed E-state index contributed by atoms with van der Waals surface area (Å²) in [6.45, 7) is 2.07. The quantitative estimate of drug-likeness (QED) is 0.721.